The summed E-state index contributed by atoms with van der Waals surface area (Å²) in [6.45, 7) is 1.81. The van der Waals surface area contributed by atoms with Gasteiger partial charge in [-0.25, -0.2) is 0 Å². The van der Waals surface area contributed by atoms with Gasteiger partial charge in [-0.15, -0.1) is 0 Å². The molecule has 1 atom stereocenters. The predicted molar refractivity (Wildman–Crippen MR) is 65.3 cm³/mol. The highest BCUT2D eigenvalue weighted by molar-refractivity contribution is 5.75. The van der Waals surface area contributed by atoms with Gasteiger partial charge in [0.1, 0.15) is 5.78 Å². The molecule has 0 aliphatic rings. The number of Topliss-reactive ketones (excluding diaryl/α,β-unsaturated/α-hetero) is 1. The van der Waals surface area contributed by atoms with Crippen molar-refractivity contribution in [1.29, 1.82) is 0 Å². The molecule has 0 rings (SSSR count). The summed E-state index contributed by atoms with van der Waals surface area (Å²) in [5, 5.41) is 18.1. The second-order valence-electron chi connectivity index (χ2n) is 4.53. The molecule has 3 heteroatoms. The molecule has 0 heterocycles. The average molecular weight is 230 g/mol. The van der Waals surface area contributed by atoms with E-state index in [9.17, 15) is 9.90 Å². The molecule has 0 aromatic carbocycles. The van der Waals surface area contributed by atoms with E-state index >= 15 is 0 Å². The molecule has 2 N–H and O–H groups in total. The first-order valence-corrected chi connectivity index (χ1v) is 6.45. The summed E-state index contributed by atoms with van der Waals surface area (Å²) >= 11 is 0. The van der Waals surface area contributed by atoms with E-state index in [1.54, 1.807) is 6.92 Å². The molecule has 0 amide bonds. The lowest BCUT2D eigenvalue weighted by Gasteiger charge is -2.08. The zero-order chi connectivity index (χ0) is 12.2. The van der Waals surface area contributed by atoms with Crippen LogP contribution in [0.4, 0.5) is 0 Å². The highest BCUT2D eigenvalue weighted by Crippen LogP contribution is 2.11. The average Bonchev–Trinajstić information content (AvgIpc) is 2.24. The zero-order valence-corrected chi connectivity index (χ0v) is 10.5. The summed E-state index contributed by atoms with van der Waals surface area (Å²) in [4.78, 5) is 10.7. The fraction of sp³-hybridized carbons (Fsp3) is 0.923. The number of rotatable bonds is 11. The monoisotopic (exact) mass is 230 g/mol. The SMILES string of the molecule is CC(=O)CCCCCCCC(O)CCCO. The molecule has 0 saturated heterocycles. The Labute approximate surface area is 98.9 Å². The third-order valence-corrected chi connectivity index (χ3v) is 2.76. The largest absolute Gasteiger partial charge is 0.396 e. The molecular weight excluding hydrogens is 204 g/mol. The Morgan fingerprint density at radius 3 is 2.19 bits per heavy atom. The first-order valence-electron chi connectivity index (χ1n) is 6.45. The lowest BCUT2D eigenvalue weighted by Crippen LogP contribution is -2.06. The van der Waals surface area contributed by atoms with Crippen LogP contribution < -0.4 is 0 Å². The number of unbranched alkanes of at least 4 members (excludes halogenated alkanes) is 4. The van der Waals surface area contributed by atoms with E-state index in [1.165, 1.54) is 0 Å². The van der Waals surface area contributed by atoms with Crippen LogP contribution in [0, 0.1) is 0 Å². The van der Waals surface area contributed by atoms with Crippen LogP contribution in [0.15, 0.2) is 0 Å². The lowest BCUT2D eigenvalue weighted by molar-refractivity contribution is -0.117. The molecule has 0 spiro atoms. The molecule has 0 aromatic rings. The van der Waals surface area contributed by atoms with E-state index in [0.717, 1.165) is 38.5 Å². The summed E-state index contributed by atoms with van der Waals surface area (Å²) in [6, 6.07) is 0. The second-order valence-corrected chi connectivity index (χ2v) is 4.53. The Balaban J connectivity index is 3.11. The van der Waals surface area contributed by atoms with Crippen LogP contribution in [0.5, 0.6) is 0 Å². The van der Waals surface area contributed by atoms with Crippen molar-refractivity contribution in [3.63, 3.8) is 0 Å². The molecule has 0 aliphatic carbocycles. The molecule has 0 aliphatic heterocycles. The van der Waals surface area contributed by atoms with Crippen molar-refractivity contribution in [2.45, 2.75) is 70.8 Å². The smallest absolute Gasteiger partial charge is 0.129 e. The Morgan fingerprint density at radius 1 is 1.00 bits per heavy atom. The fourth-order valence-electron chi connectivity index (χ4n) is 1.76. The van der Waals surface area contributed by atoms with Crippen molar-refractivity contribution in [1.82, 2.24) is 0 Å². The van der Waals surface area contributed by atoms with Crippen LogP contribution in [0.3, 0.4) is 0 Å². The highest BCUT2D eigenvalue weighted by Gasteiger charge is 2.02. The Bertz CT molecular complexity index is 169. The van der Waals surface area contributed by atoms with Gasteiger partial charge in [0.15, 0.2) is 0 Å². The summed E-state index contributed by atoms with van der Waals surface area (Å²) in [5.74, 6) is 0.277. The summed E-state index contributed by atoms with van der Waals surface area (Å²) in [6.07, 6.45) is 8.16. The number of aliphatic hydroxyl groups excluding tert-OH is 2. The third kappa shape index (κ3) is 11.7. The maximum absolute atomic E-state index is 10.7. The van der Waals surface area contributed by atoms with Gasteiger partial charge in [-0.2, -0.15) is 0 Å². The van der Waals surface area contributed by atoms with Gasteiger partial charge < -0.3 is 15.0 Å². The summed E-state index contributed by atoms with van der Waals surface area (Å²) in [7, 11) is 0. The molecule has 3 nitrogen and oxygen atoms in total. The van der Waals surface area contributed by atoms with Crippen molar-refractivity contribution in [3.05, 3.63) is 0 Å². The molecule has 1 unspecified atom stereocenters. The molecule has 0 fully saturated rings. The van der Waals surface area contributed by atoms with Gasteiger partial charge in [0.25, 0.3) is 0 Å². The van der Waals surface area contributed by atoms with Crippen molar-refractivity contribution < 1.29 is 15.0 Å². The first-order chi connectivity index (χ1) is 7.66. The summed E-state index contributed by atoms with van der Waals surface area (Å²) in [5.41, 5.74) is 0. The van der Waals surface area contributed by atoms with Crippen molar-refractivity contribution in [3.8, 4) is 0 Å². The lowest BCUT2D eigenvalue weighted by atomic mass is 10.0. The van der Waals surface area contributed by atoms with Crippen LogP contribution in [0.25, 0.3) is 0 Å². The van der Waals surface area contributed by atoms with E-state index in [1.807, 2.05) is 0 Å². The predicted octanol–water partition coefficient (Wildman–Crippen LogP) is 2.44. The van der Waals surface area contributed by atoms with Gasteiger partial charge >= 0.3 is 0 Å². The third-order valence-electron chi connectivity index (χ3n) is 2.76. The van der Waals surface area contributed by atoms with E-state index in [0.29, 0.717) is 19.3 Å². The number of hydrogen-bond donors (Lipinski definition) is 2. The Hall–Kier alpha value is -0.410. The van der Waals surface area contributed by atoms with Crippen LogP contribution in [0.2, 0.25) is 0 Å². The Morgan fingerprint density at radius 2 is 1.56 bits per heavy atom. The molecule has 16 heavy (non-hydrogen) atoms. The summed E-state index contributed by atoms with van der Waals surface area (Å²) < 4.78 is 0. The zero-order valence-electron chi connectivity index (χ0n) is 10.5. The molecule has 0 saturated carbocycles. The minimum Gasteiger partial charge on any atom is -0.396 e. The minimum absolute atomic E-state index is 0.169. The van der Waals surface area contributed by atoms with Gasteiger partial charge in [0, 0.05) is 13.0 Å². The first kappa shape index (κ1) is 15.6. The normalized spacial score (nSPS) is 12.7. The molecule has 0 aromatic heterocycles. The number of hydrogen-bond acceptors (Lipinski definition) is 3. The van der Waals surface area contributed by atoms with Crippen molar-refractivity contribution in [2.75, 3.05) is 6.61 Å². The van der Waals surface area contributed by atoms with Crippen LogP contribution in [0.1, 0.15) is 64.7 Å². The van der Waals surface area contributed by atoms with Gasteiger partial charge in [-0.1, -0.05) is 25.7 Å². The van der Waals surface area contributed by atoms with Crippen molar-refractivity contribution in [2.24, 2.45) is 0 Å². The Kier molecular flexibility index (Phi) is 10.8. The van der Waals surface area contributed by atoms with E-state index in [-0.39, 0.29) is 18.5 Å². The fourth-order valence-corrected chi connectivity index (χ4v) is 1.76. The van der Waals surface area contributed by atoms with Gasteiger partial charge in [0.05, 0.1) is 6.10 Å². The topological polar surface area (TPSA) is 57.5 Å². The highest BCUT2D eigenvalue weighted by atomic mass is 16.3. The quantitative estimate of drug-likeness (QED) is 0.536. The second kappa shape index (κ2) is 11.1. The van der Waals surface area contributed by atoms with Gasteiger partial charge in [-0.3, -0.25) is 0 Å². The number of aliphatic hydroxyl groups is 2. The maximum Gasteiger partial charge on any atom is 0.129 e. The molecule has 0 radical (unpaired) electrons. The van der Waals surface area contributed by atoms with E-state index in [4.69, 9.17) is 5.11 Å². The number of carbonyl (C=O) groups is 1. The van der Waals surface area contributed by atoms with E-state index in [2.05, 4.69) is 0 Å². The maximum atomic E-state index is 10.7. The molecule has 96 valence electrons. The molecule has 0 bridgehead atoms. The molecular formula is C13H26O3. The van der Waals surface area contributed by atoms with Crippen LogP contribution in [-0.2, 0) is 4.79 Å². The standard InChI is InChI=1S/C13H26O3/c1-12(15)8-5-3-2-4-6-9-13(16)10-7-11-14/h13-14,16H,2-11H2,1H3. The van der Waals surface area contributed by atoms with Gasteiger partial charge in [0.2, 0.25) is 0 Å². The van der Waals surface area contributed by atoms with Crippen molar-refractivity contribution >= 4 is 5.78 Å². The van der Waals surface area contributed by atoms with Gasteiger partial charge in [-0.05, 0) is 32.6 Å². The van der Waals surface area contributed by atoms with Crippen LogP contribution >= 0.6 is 0 Å². The van der Waals surface area contributed by atoms with E-state index < -0.39 is 0 Å². The minimum atomic E-state index is -0.246. The number of carbonyl (C=O) groups excluding carboxylic acids is 1. The number of ketones is 1. The van der Waals surface area contributed by atoms with Crippen LogP contribution in [-0.4, -0.2) is 28.7 Å².